The van der Waals surface area contributed by atoms with E-state index >= 15 is 4.39 Å². The quantitative estimate of drug-likeness (QED) is 0.0541. The number of halogens is 3. The SMILES string of the molecule is CC(C)C(NC(=O)CBr)C(=O)N[C@@H](C)C(=O)N[C@@H](CCCCNC(=O)[C@@H](N)CCN(C(=O)CO)[C@@H](c1nc(-c2cc(F)ccc2F)cn1Cc1ccccc1)C(C)(C)C)C(=O)O. The Balaban J connectivity index is 1.66. The van der Waals surface area contributed by atoms with Gasteiger partial charge in [-0.3, -0.25) is 24.0 Å². The van der Waals surface area contributed by atoms with Crippen LogP contribution in [-0.2, 0) is 35.3 Å². The Bertz CT molecular complexity index is 2010. The molecule has 62 heavy (non-hydrogen) atoms. The molecule has 0 saturated heterocycles. The van der Waals surface area contributed by atoms with Gasteiger partial charge in [-0.1, -0.05) is 80.9 Å². The average Bonchev–Trinajstić information content (AvgIpc) is 3.62. The third-order valence-electron chi connectivity index (χ3n) is 10.0. The number of hydrogen-bond acceptors (Lipinski definition) is 9. The van der Waals surface area contributed by atoms with Crippen LogP contribution in [-0.4, -0.2) is 109 Å². The summed E-state index contributed by atoms with van der Waals surface area (Å²) in [5.41, 5.74) is 6.50. The number of nitrogens with one attached hydrogen (secondary N) is 4. The second-order valence-electron chi connectivity index (χ2n) is 16.5. The van der Waals surface area contributed by atoms with Crippen molar-refractivity contribution in [3.05, 3.63) is 77.8 Å². The number of aliphatic hydroxyl groups excluding tert-OH is 1. The Morgan fingerprint density at radius 1 is 0.919 bits per heavy atom. The molecule has 5 atom stereocenters. The zero-order valence-electron chi connectivity index (χ0n) is 35.9. The number of carbonyl (C=O) groups is 6. The second kappa shape index (κ2) is 23.8. The van der Waals surface area contributed by atoms with Crippen molar-refractivity contribution in [2.45, 2.75) is 104 Å². The maximum absolute atomic E-state index is 15.0. The van der Waals surface area contributed by atoms with Crippen LogP contribution < -0.4 is 27.0 Å². The number of imidazole rings is 1. The van der Waals surface area contributed by atoms with Gasteiger partial charge in [0.1, 0.15) is 42.2 Å². The van der Waals surface area contributed by atoms with Crippen LogP contribution in [0.2, 0.25) is 0 Å². The fourth-order valence-electron chi connectivity index (χ4n) is 6.76. The first kappa shape index (κ1) is 51.1. The van der Waals surface area contributed by atoms with E-state index in [-0.39, 0.29) is 61.4 Å². The molecule has 0 radical (unpaired) electrons. The maximum Gasteiger partial charge on any atom is 0.326 e. The largest absolute Gasteiger partial charge is 0.480 e. The minimum Gasteiger partial charge on any atom is -0.480 e. The van der Waals surface area contributed by atoms with Gasteiger partial charge in [-0.2, -0.15) is 0 Å². The molecule has 1 aromatic heterocycles. The van der Waals surface area contributed by atoms with Crippen LogP contribution in [0.1, 0.15) is 84.7 Å². The summed E-state index contributed by atoms with van der Waals surface area (Å²) in [7, 11) is 0. The summed E-state index contributed by atoms with van der Waals surface area (Å²) in [6.07, 6.45) is 2.18. The number of carboxylic acids is 1. The number of unbranched alkanes of at least 4 members (excludes halogenated alkanes) is 1. The fourth-order valence-corrected chi connectivity index (χ4v) is 6.92. The Hall–Kier alpha value is -5.27. The summed E-state index contributed by atoms with van der Waals surface area (Å²) in [4.78, 5) is 82.1. The molecule has 1 unspecified atom stereocenters. The van der Waals surface area contributed by atoms with Crippen molar-refractivity contribution in [1.29, 1.82) is 0 Å². The second-order valence-corrected chi connectivity index (χ2v) is 17.0. The van der Waals surface area contributed by atoms with Crippen LogP contribution in [0.25, 0.3) is 11.3 Å². The van der Waals surface area contributed by atoms with E-state index < -0.39 is 89.4 Å². The van der Waals surface area contributed by atoms with Crippen LogP contribution in [0.5, 0.6) is 0 Å². The normalized spacial score (nSPS) is 13.9. The summed E-state index contributed by atoms with van der Waals surface area (Å²) in [6.45, 7) is 9.88. The zero-order chi connectivity index (χ0) is 46.3. The molecule has 2 aromatic carbocycles. The van der Waals surface area contributed by atoms with Crippen molar-refractivity contribution in [1.82, 2.24) is 35.7 Å². The lowest BCUT2D eigenvalue weighted by atomic mass is 9.84. The third kappa shape index (κ3) is 15.0. The van der Waals surface area contributed by atoms with Gasteiger partial charge >= 0.3 is 5.97 Å². The van der Waals surface area contributed by atoms with E-state index in [9.17, 15) is 43.4 Å². The Morgan fingerprint density at radius 3 is 2.19 bits per heavy atom. The molecule has 0 aliphatic carbocycles. The van der Waals surface area contributed by atoms with Gasteiger partial charge < -0.3 is 46.7 Å². The molecular formula is C43H59BrF2N8O8. The molecule has 0 saturated carbocycles. The van der Waals surface area contributed by atoms with Crippen LogP contribution in [0.3, 0.4) is 0 Å². The number of benzene rings is 2. The molecule has 19 heteroatoms. The number of carbonyl (C=O) groups excluding carboxylic acids is 5. The predicted octanol–water partition coefficient (Wildman–Crippen LogP) is 3.40. The Morgan fingerprint density at radius 2 is 1.60 bits per heavy atom. The number of carboxylic acid groups (broad SMARTS) is 1. The number of rotatable bonds is 23. The summed E-state index contributed by atoms with van der Waals surface area (Å²) < 4.78 is 31.1. The van der Waals surface area contributed by atoms with E-state index in [1.54, 1.807) is 24.6 Å². The summed E-state index contributed by atoms with van der Waals surface area (Å²) in [6, 6.07) is 7.17. The predicted molar refractivity (Wildman–Crippen MR) is 231 cm³/mol. The zero-order valence-corrected chi connectivity index (χ0v) is 37.5. The lowest BCUT2D eigenvalue weighted by Gasteiger charge is -2.40. The van der Waals surface area contributed by atoms with E-state index in [1.807, 2.05) is 51.1 Å². The molecule has 340 valence electrons. The van der Waals surface area contributed by atoms with Crippen LogP contribution in [0.4, 0.5) is 8.78 Å². The monoisotopic (exact) mass is 932 g/mol. The molecule has 1 heterocycles. The molecule has 0 bridgehead atoms. The van der Waals surface area contributed by atoms with Gasteiger partial charge in [0.2, 0.25) is 29.5 Å². The van der Waals surface area contributed by atoms with Crippen molar-refractivity contribution < 1.29 is 47.8 Å². The number of alkyl halides is 1. The number of amides is 5. The van der Waals surface area contributed by atoms with Crippen molar-refractivity contribution >= 4 is 51.4 Å². The minimum atomic E-state index is -1.29. The fraction of sp³-hybridized carbons (Fsp3) is 0.512. The van der Waals surface area contributed by atoms with E-state index in [0.29, 0.717) is 12.2 Å². The molecule has 8 N–H and O–H groups in total. The van der Waals surface area contributed by atoms with Crippen molar-refractivity contribution in [3.8, 4) is 11.3 Å². The van der Waals surface area contributed by atoms with Gasteiger partial charge in [0.05, 0.1) is 23.1 Å². The molecule has 16 nitrogen and oxygen atoms in total. The lowest BCUT2D eigenvalue weighted by molar-refractivity contribution is -0.142. The van der Waals surface area contributed by atoms with Crippen molar-refractivity contribution in [3.63, 3.8) is 0 Å². The highest BCUT2D eigenvalue weighted by Crippen LogP contribution is 2.39. The lowest BCUT2D eigenvalue weighted by Crippen LogP contribution is -2.56. The summed E-state index contributed by atoms with van der Waals surface area (Å²) >= 11 is 3.03. The number of aromatic nitrogens is 2. The molecule has 0 spiro atoms. The molecule has 3 rings (SSSR count). The highest BCUT2D eigenvalue weighted by Gasteiger charge is 2.39. The maximum atomic E-state index is 15.0. The standard InChI is InChI=1S/C43H59BrF2N8O8/c1-25(2)36(52-34(56)21-44)41(60)49-26(3)39(58)51-32(42(61)62)14-10-11-18-48-40(59)31(47)17-19-54(35(57)24-55)37(43(4,5)6)38-50-33(29-20-28(45)15-16-30(29)46)23-53(38)22-27-12-8-7-9-13-27/h7-9,12-13,15-16,20,23,25-26,31-32,36-37,55H,10-11,14,17-19,21-22,24,47H2,1-6H3,(H,48,59)(H,49,60)(H,51,58)(H,52,56)(H,61,62)/t26-,31-,32-,36?,37-/m0/s1. The minimum absolute atomic E-state index is 0.0135. The smallest absolute Gasteiger partial charge is 0.326 e. The molecular weight excluding hydrogens is 874 g/mol. The van der Waals surface area contributed by atoms with Gasteiger partial charge in [0, 0.05) is 31.4 Å². The first-order valence-electron chi connectivity index (χ1n) is 20.4. The highest BCUT2D eigenvalue weighted by molar-refractivity contribution is 9.09. The molecule has 0 aliphatic heterocycles. The van der Waals surface area contributed by atoms with Crippen LogP contribution >= 0.6 is 15.9 Å². The number of nitrogens with two attached hydrogens (primary N) is 1. The van der Waals surface area contributed by atoms with Gasteiger partial charge in [0.25, 0.3) is 0 Å². The average molecular weight is 934 g/mol. The van der Waals surface area contributed by atoms with Crippen LogP contribution in [0.15, 0.2) is 54.7 Å². The van der Waals surface area contributed by atoms with Crippen molar-refractivity contribution in [2.24, 2.45) is 17.1 Å². The summed E-state index contributed by atoms with van der Waals surface area (Å²) in [5.74, 6) is -5.53. The number of aliphatic carboxylic acids is 1. The molecule has 5 amide bonds. The van der Waals surface area contributed by atoms with Gasteiger partial charge in [0.15, 0.2) is 0 Å². The number of hydrogen-bond donors (Lipinski definition) is 7. The van der Waals surface area contributed by atoms with Crippen LogP contribution in [0, 0.1) is 23.0 Å². The first-order chi connectivity index (χ1) is 29.2. The topological polar surface area (TPSA) is 238 Å². The molecule has 3 aromatic rings. The van der Waals surface area contributed by atoms with Gasteiger partial charge in [-0.25, -0.2) is 18.6 Å². The summed E-state index contributed by atoms with van der Waals surface area (Å²) in [5, 5.41) is 30.1. The van der Waals surface area contributed by atoms with Gasteiger partial charge in [-0.05, 0) is 67.7 Å². The number of nitrogens with zero attached hydrogens (tertiary/aromatic N) is 3. The van der Waals surface area contributed by atoms with E-state index in [4.69, 9.17) is 10.7 Å². The first-order valence-corrected chi connectivity index (χ1v) is 21.5. The Labute approximate surface area is 368 Å². The van der Waals surface area contributed by atoms with Crippen molar-refractivity contribution in [2.75, 3.05) is 25.0 Å². The number of aliphatic hydroxyl groups is 1. The molecule has 0 aliphatic rings. The Kier molecular flexibility index (Phi) is 19.6. The van der Waals surface area contributed by atoms with E-state index in [0.717, 1.165) is 23.8 Å². The van der Waals surface area contributed by atoms with E-state index in [1.165, 1.54) is 11.8 Å². The van der Waals surface area contributed by atoms with Gasteiger partial charge in [-0.15, -0.1) is 0 Å². The highest BCUT2D eigenvalue weighted by atomic mass is 79.9. The molecule has 0 fully saturated rings. The van der Waals surface area contributed by atoms with E-state index in [2.05, 4.69) is 37.2 Å². The third-order valence-corrected chi connectivity index (χ3v) is 10.5.